The Balaban J connectivity index is 1.57. The van der Waals surface area contributed by atoms with Crippen LogP contribution in [0.25, 0.3) is 10.9 Å². The highest BCUT2D eigenvalue weighted by Crippen LogP contribution is 2.26. The van der Waals surface area contributed by atoms with E-state index in [1.807, 2.05) is 42.6 Å². The Morgan fingerprint density at radius 2 is 1.76 bits per heavy atom. The standard InChI is InChI=1S/C25H21Cl2N3O3/c1-32-20-9-17(10-21(12-20)33-2)25(31)29-28-13-18-15-30(24-6-4-3-5-22(18)24)14-16-7-8-19(26)11-23(16)27/h3-13,15H,14H2,1-2H3,(H,29,31)/b28-13-. The van der Waals surface area contributed by atoms with Crippen LogP contribution in [-0.4, -0.2) is 30.9 Å². The van der Waals surface area contributed by atoms with Crippen LogP contribution in [0.15, 0.2) is 72.0 Å². The summed E-state index contributed by atoms with van der Waals surface area (Å²) in [6.45, 7) is 0.570. The minimum Gasteiger partial charge on any atom is -0.497 e. The molecule has 0 bridgehead atoms. The molecule has 0 saturated heterocycles. The molecular weight excluding hydrogens is 461 g/mol. The number of halogens is 2. The van der Waals surface area contributed by atoms with Gasteiger partial charge in [0.25, 0.3) is 5.91 Å². The van der Waals surface area contributed by atoms with Gasteiger partial charge in [-0.3, -0.25) is 4.79 Å². The van der Waals surface area contributed by atoms with E-state index in [0.717, 1.165) is 22.0 Å². The van der Waals surface area contributed by atoms with E-state index < -0.39 is 0 Å². The van der Waals surface area contributed by atoms with Crippen LogP contribution in [0.2, 0.25) is 10.0 Å². The third kappa shape index (κ3) is 5.13. The second-order valence-electron chi connectivity index (χ2n) is 7.27. The summed E-state index contributed by atoms with van der Waals surface area (Å²) in [5.74, 6) is 0.667. The lowest BCUT2D eigenvalue weighted by Crippen LogP contribution is -2.17. The molecule has 3 aromatic carbocycles. The van der Waals surface area contributed by atoms with Gasteiger partial charge in [-0.05, 0) is 35.9 Å². The van der Waals surface area contributed by atoms with Crippen LogP contribution >= 0.6 is 23.2 Å². The van der Waals surface area contributed by atoms with E-state index in [-0.39, 0.29) is 5.91 Å². The number of nitrogens with one attached hydrogen (secondary N) is 1. The molecule has 0 fully saturated rings. The molecule has 0 atom stereocenters. The third-order valence-electron chi connectivity index (χ3n) is 5.16. The van der Waals surface area contributed by atoms with E-state index in [4.69, 9.17) is 32.7 Å². The van der Waals surface area contributed by atoms with Crippen molar-refractivity contribution >= 4 is 46.2 Å². The van der Waals surface area contributed by atoms with Gasteiger partial charge < -0.3 is 14.0 Å². The summed E-state index contributed by atoms with van der Waals surface area (Å²) >= 11 is 12.4. The summed E-state index contributed by atoms with van der Waals surface area (Å²) in [5.41, 5.74) is 5.77. The van der Waals surface area contributed by atoms with E-state index in [2.05, 4.69) is 15.1 Å². The first-order chi connectivity index (χ1) is 16.0. The molecule has 4 aromatic rings. The van der Waals surface area contributed by atoms with Gasteiger partial charge in [-0.1, -0.05) is 47.5 Å². The number of rotatable bonds is 7. The minimum absolute atomic E-state index is 0.375. The van der Waals surface area contributed by atoms with Crippen molar-refractivity contribution in [1.29, 1.82) is 0 Å². The Labute approximate surface area is 201 Å². The monoisotopic (exact) mass is 481 g/mol. The number of ether oxygens (including phenoxy) is 2. The van der Waals surface area contributed by atoms with Crippen LogP contribution in [0, 0.1) is 0 Å². The zero-order chi connectivity index (χ0) is 23.4. The maximum atomic E-state index is 12.6. The molecule has 0 saturated carbocycles. The van der Waals surface area contributed by atoms with Gasteiger partial charge in [0.2, 0.25) is 0 Å². The van der Waals surface area contributed by atoms with Gasteiger partial charge in [0.05, 0.1) is 20.4 Å². The Morgan fingerprint density at radius 1 is 1.03 bits per heavy atom. The fourth-order valence-electron chi connectivity index (χ4n) is 3.51. The van der Waals surface area contributed by atoms with Crippen LogP contribution < -0.4 is 14.9 Å². The van der Waals surface area contributed by atoms with Gasteiger partial charge in [-0.15, -0.1) is 0 Å². The SMILES string of the molecule is COc1cc(OC)cc(C(=O)N/N=C\c2cn(Cc3ccc(Cl)cc3Cl)c3ccccc23)c1. The number of hydrogen-bond acceptors (Lipinski definition) is 4. The number of carbonyl (C=O) groups is 1. The van der Waals surface area contributed by atoms with Crippen molar-refractivity contribution in [2.45, 2.75) is 6.54 Å². The zero-order valence-corrected chi connectivity index (χ0v) is 19.5. The van der Waals surface area contributed by atoms with Crippen LogP contribution in [0.3, 0.4) is 0 Å². The fourth-order valence-corrected chi connectivity index (χ4v) is 3.97. The molecule has 6 nitrogen and oxygen atoms in total. The van der Waals surface area contributed by atoms with Crippen molar-refractivity contribution in [1.82, 2.24) is 9.99 Å². The van der Waals surface area contributed by atoms with Gasteiger partial charge in [-0.2, -0.15) is 5.10 Å². The molecule has 4 rings (SSSR count). The molecular formula is C25H21Cl2N3O3. The normalized spacial score (nSPS) is 11.2. The number of amides is 1. The number of methoxy groups -OCH3 is 2. The van der Waals surface area contributed by atoms with Crippen molar-refractivity contribution in [3.8, 4) is 11.5 Å². The second-order valence-corrected chi connectivity index (χ2v) is 8.11. The lowest BCUT2D eigenvalue weighted by molar-refractivity contribution is 0.0954. The van der Waals surface area contributed by atoms with E-state index in [0.29, 0.717) is 33.7 Å². The van der Waals surface area contributed by atoms with Gasteiger partial charge in [0.15, 0.2) is 0 Å². The second kappa shape index (κ2) is 9.98. The van der Waals surface area contributed by atoms with E-state index in [1.165, 1.54) is 14.2 Å². The Bertz CT molecular complexity index is 1330. The lowest BCUT2D eigenvalue weighted by atomic mass is 10.2. The van der Waals surface area contributed by atoms with Gasteiger partial charge in [0.1, 0.15) is 11.5 Å². The maximum Gasteiger partial charge on any atom is 0.271 e. The van der Waals surface area contributed by atoms with Gasteiger partial charge >= 0.3 is 0 Å². The molecule has 168 valence electrons. The molecule has 0 radical (unpaired) electrons. The first-order valence-electron chi connectivity index (χ1n) is 10.1. The van der Waals surface area contributed by atoms with E-state index in [9.17, 15) is 4.79 Å². The summed E-state index contributed by atoms with van der Waals surface area (Å²) in [5, 5.41) is 6.37. The smallest absolute Gasteiger partial charge is 0.271 e. The number of para-hydroxylation sites is 1. The molecule has 0 aliphatic carbocycles. The topological polar surface area (TPSA) is 64.8 Å². The number of carbonyl (C=O) groups excluding carboxylic acids is 1. The Kier molecular flexibility index (Phi) is 6.87. The number of hydrogen-bond donors (Lipinski definition) is 1. The summed E-state index contributed by atoms with van der Waals surface area (Å²) in [6, 6.07) is 18.4. The molecule has 0 aliphatic rings. The number of fused-ring (bicyclic) bond motifs is 1. The lowest BCUT2D eigenvalue weighted by Gasteiger charge is -2.08. The molecule has 33 heavy (non-hydrogen) atoms. The first-order valence-corrected chi connectivity index (χ1v) is 10.8. The Morgan fingerprint density at radius 3 is 2.45 bits per heavy atom. The highest BCUT2D eigenvalue weighted by atomic mass is 35.5. The number of nitrogens with zero attached hydrogens (tertiary/aromatic N) is 2. The minimum atomic E-state index is -0.375. The Hall–Kier alpha value is -3.48. The van der Waals surface area contributed by atoms with E-state index >= 15 is 0 Å². The molecule has 1 heterocycles. The zero-order valence-electron chi connectivity index (χ0n) is 18.0. The van der Waals surface area contributed by atoms with Crippen molar-refractivity contribution in [3.63, 3.8) is 0 Å². The highest BCUT2D eigenvalue weighted by Gasteiger charge is 2.11. The number of hydrazone groups is 1. The van der Waals surface area contributed by atoms with Gasteiger partial charge in [-0.25, -0.2) is 5.43 Å². The fraction of sp³-hybridized carbons (Fsp3) is 0.120. The largest absolute Gasteiger partial charge is 0.497 e. The molecule has 8 heteroatoms. The summed E-state index contributed by atoms with van der Waals surface area (Å²) in [4.78, 5) is 12.6. The number of aromatic nitrogens is 1. The molecule has 1 aromatic heterocycles. The summed E-state index contributed by atoms with van der Waals surface area (Å²) in [7, 11) is 3.06. The van der Waals surface area contributed by atoms with Crippen LogP contribution in [0.4, 0.5) is 0 Å². The van der Waals surface area contributed by atoms with Crippen molar-refractivity contribution in [2.75, 3.05) is 14.2 Å². The van der Waals surface area contributed by atoms with Crippen molar-refractivity contribution < 1.29 is 14.3 Å². The van der Waals surface area contributed by atoms with Crippen LogP contribution in [-0.2, 0) is 6.54 Å². The molecule has 0 unspecified atom stereocenters. The maximum absolute atomic E-state index is 12.6. The van der Waals surface area contributed by atoms with Crippen molar-refractivity contribution in [3.05, 3.63) is 93.6 Å². The number of benzene rings is 3. The average molecular weight is 482 g/mol. The molecule has 1 amide bonds. The van der Waals surface area contributed by atoms with Gasteiger partial charge in [0, 0.05) is 50.9 Å². The predicted octanol–water partition coefficient (Wildman–Crippen LogP) is 5.78. The first kappa shape index (κ1) is 22.7. The molecule has 0 aliphatic heterocycles. The predicted molar refractivity (Wildman–Crippen MR) is 132 cm³/mol. The van der Waals surface area contributed by atoms with Crippen LogP contribution in [0.1, 0.15) is 21.5 Å². The van der Waals surface area contributed by atoms with Crippen molar-refractivity contribution in [2.24, 2.45) is 5.10 Å². The third-order valence-corrected chi connectivity index (χ3v) is 5.75. The van der Waals surface area contributed by atoms with Crippen LogP contribution in [0.5, 0.6) is 11.5 Å². The summed E-state index contributed by atoms with van der Waals surface area (Å²) in [6.07, 6.45) is 3.59. The highest BCUT2D eigenvalue weighted by molar-refractivity contribution is 6.35. The summed E-state index contributed by atoms with van der Waals surface area (Å²) < 4.78 is 12.5. The quantitative estimate of drug-likeness (QED) is 0.268. The molecule has 1 N–H and O–H groups in total. The average Bonchev–Trinajstić information content (AvgIpc) is 3.17. The molecule has 0 spiro atoms. The van der Waals surface area contributed by atoms with E-state index in [1.54, 1.807) is 30.5 Å².